The Morgan fingerprint density at radius 3 is 2.69 bits per heavy atom. The molecule has 0 radical (unpaired) electrons. The van der Waals surface area contributed by atoms with Gasteiger partial charge < -0.3 is 16.4 Å². The molecule has 1 aromatic rings. The fourth-order valence-electron chi connectivity index (χ4n) is 4.36. The number of likely N-dealkylation sites (tertiary alicyclic amines) is 1. The van der Waals surface area contributed by atoms with Crippen molar-refractivity contribution >= 4 is 11.4 Å². The summed E-state index contributed by atoms with van der Waals surface area (Å²) in [6.07, 6.45) is 8.40. The van der Waals surface area contributed by atoms with Crippen molar-refractivity contribution in [3.63, 3.8) is 0 Å². The van der Waals surface area contributed by atoms with E-state index in [0.29, 0.717) is 12.6 Å². The van der Waals surface area contributed by atoms with Crippen LogP contribution in [0.15, 0.2) is 28.8 Å². The van der Waals surface area contributed by atoms with Gasteiger partial charge in [0.15, 0.2) is 0 Å². The lowest BCUT2D eigenvalue weighted by molar-refractivity contribution is 0.363. The van der Waals surface area contributed by atoms with E-state index in [4.69, 9.17) is 16.5 Å². The molecule has 1 aliphatic heterocycles. The van der Waals surface area contributed by atoms with E-state index in [9.17, 15) is 0 Å². The SMILES string of the molecule is CCc1c(CN)cccc1C(N)=C1CN(C)CCC1=NC1CCCCC1. The lowest BCUT2D eigenvalue weighted by Crippen LogP contribution is -2.35. The second-order valence-electron chi connectivity index (χ2n) is 7.75. The summed E-state index contributed by atoms with van der Waals surface area (Å²) in [5, 5.41) is 0. The Bertz CT molecular complexity index is 683. The van der Waals surface area contributed by atoms with Crippen LogP contribution in [0.3, 0.4) is 0 Å². The Morgan fingerprint density at radius 2 is 2.00 bits per heavy atom. The molecule has 0 amide bonds. The maximum absolute atomic E-state index is 6.76. The zero-order valence-electron chi connectivity index (χ0n) is 16.4. The predicted molar refractivity (Wildman–Crippen MR) is 111 cm³/mol. The molecule has 0 atom stereocenters. The first-order valence-corrected chi connectivity index (χ1v) is 10.2. The van der Waals surface area contributed by atoms with Crippen molar-refractivity contribution in [1.29, 1.82) is 0 Å². The average molecular weight is 355 g/mol. The Labute approximate surface area is 158 Å². The number of benzene rings is 1. The van der Waals surface area contributed by atoms with Crippen molar-refractivity contribution in [3.8, 4) is 0 Å². The second-order valence-corrected chi connectivity index (χ2v) is 7.75. The number of hydrogen-bond donors (Lipinski definition) is 2. The van der Waals surface area contributed by atoms with Gasteiger partial charge in [0.2, 0.25) is 0 Å². The van der Waals surface area contributed by atoms with Crippen molar-refractivity contribution in [2.75, 3.05) is 20.1 Å². The molecule has 1 aromatic carbocycles. The quantitative estimate of drug-likeness (QED) is 0.870. The average Bonchev–Trinajstić information content (AvgIpc) is 2.68. The molecule has 1 heterocycles. The molecule has 26 heavy (non-hydrogen) atoms. The standard InChI is InChI=1S/C22H34N4/c1-3-18-16(14-23)8-7-11-19(18)22(24)20-15-26(2)13-12-21(20)25-17-9-5-4-6-10-17/h7-8,11,17H,3-6,9-10,12-15,23-24H2,1-2H3. The van der Waals surface area contributed by atoms with Crippen LogP contribution in [0.4, 0.5) is 0 Å². The molecule has 2 aliphatic rings. The summed E-state index contributed by atoms with van der Waals surface area (Å²) in [6.45, 7) is 4.68. The summed E-state index contributed by atoms with van der Waals surface area (Å²) in [6, 6.07) is 6.83. The van der Waals surface area contributed by atoms with E-state index in [1.54, 1.807) is 0 Å². The number of aliphatic imine (C=N–C) groups is 1. The molecule has 0 aromatic heterocycles. The van der Waals surface area contributed by atoms with Gasteiger partial charge >= 0.3 is 0 Å². The molecule has 0 unspecified atom stereocenters. The molecular formula is C22H34N4. The maximum Gasteiger partial charge on any atom is 0.0503 e. The molecule has 0 spiro atoms. The van der Waals surface area contributed by atoms with Gasteiger partial charge in [0.25, 0.3) is 0 Å². The van der Waals surface area contributed by atoms with Gasteiger partial charge in [-0.05, 0) is 37.4 Å². The molecule has 3 rings (SSSR count). The zero-order chi connectivity index (χ0) is 18.5. The van der Waals surface area contributed by atoms with Crippen LogP contribution in [-0.4, -0.2) is 36.8 Å². The summed E-state index contributed by atoms with van der Waals surface area (Å²) < 4.78 is 0. The number of likely N-dealkylation sites (N-methyl/N-ethyl adjacent to an activating group) is 1. The van der Waals surface area contributed by atoms with E-state index in [1.807, 2.05) is 0 Å². The van der Waals surface area contributed by atoms with Crippen molar-refractivity contribution in [1.82, 2.24) is 4.90 Å². The van der Waals surface area contributed by atoms with Crippen LogP contribution in [0.2, 0.25) is 0 Å². The smallest absolute Gasteiger partial charge is 0.0503 e. The van der Waals surface area contributed by atoms with Gasteiger partial charge in [0, 0.05) is 48.6 Å². The minimum Gasteiger partial charge on any atom is -0.398 e. The number of hydrogen-bond acceptors (Lipinski definition) is 4. The molecule has 1 aliphatic carbocycles. The van der Waals surface area contributed by atoms with E-state index in [0.717, 1.165) is 37.2 Å². The predicted octanol–water partition coefficient (Wildman–Crippen LogP) is 3.49. The van der Waals surface area contributed by atoms with Gasteiger partial charge in [0.1, 0.15) is 0 Å². The second kappa shape index (κ2) is 8.83. The highest BCUT2D eigenvalue weighted by Gasteiger charge is 2.23. The molecule has 2 fully saturated rings. The van der Waals surface area contributed by atoms with Gasteiger partial charge in [-0.15, -0.1) is 0 Å². The van der Waals surface area contributed by atoms with E-state index in [1.165, 1.54) is 54.5 Å². The van der Waals surface area contributed by atoms with E-state index in [2.05, 4.69) is 37.1 Å². The highest BCUT2D eigenvalue weighted by atomic mass is 15.1. The summed E-state index contributed by atoms with van der Waals surface area (Å²) in [4.78, 5) is 7.53. The highest BCUT2D eigenvalue weighted by molar-refractivity contribution is 6.07. The van der Waals surface area contributed by atoms with Crippen LogP contribution in [0.25, 0.3) is 5.70 Å². The molecule has 4 N–H and O–H groups in total. The molecule has 0 bridgehead atoms. The maximum atomic E-state index is 6.76. The third-order valence-electron chi connectivity index (χ3n) is 5.88. The summed E-state index contributed by atoms with van der Waals surface area (Å²) in [7, 11) is 2.17. The molecule has 1 saturated carbocycles. The van der Waals surface area contributed by atoms with Crippen molar-refractivity contribution < 1.29 is 0 Å². The first kappa shape index (κ1) is 19.1. The molecule has 1 saturated heterocycles. The Morgan fingerprint density at radius 1 is 1.23 bits per heavy atom. The number of nitrogens with two attached hydrogens (primary N) is 2. The summed E-state index contributed by atoms with van der Waals surface area (Å²) in [5.74, 6) is 0. The van der Waals surface area contributed by atoms with E-state index in [-0.39, 0.29) is 0 Å². The molecule has 142 valence electrons. The van der Waals surface area contributed by atoms with E-state index < -0.39 is 0 Å². The lowest BCUT2D eigenvalue weighted by atomic mass is 9.90. The van der Waals surface area contributed by atoms with Crippen LogP contribution < -0.4 is 11.5 Å². The number of piperidine rings is 1. The summed E-state index contributed by atoms with van der Waals surface area (Å²) >= 11 is 0. The normalized spacial score (nSPS) is 23.4. The fourth-order valence-corrected chi connectivity index (χ4v) is 4.36. The minimum atomic E-state index is 0.492. The van der Waals surface area contributed by atoms with E-state index >= 15 is 0 Å². The molecule has 4 nitrogen and oxygen atoms in total. The highest BCUT2D eigenvalue weighted by Crippen LogP contribution is 2.28. The Balaban J connectivity index is 2.02. The van der Waals surface area contributed by atoms with Crippen LogP contribution in [0.1, 0.15) is 62.1 Å². The molecular weight excluding hydrogens is 320 g/mol. The largest absolute Gasteiger partial charge is 0.398 e. The van der Waals surface area contributed by atoms with Crippen molar-refractivity contribution in [2.24, 2.45) is 16.5 Å². The summed E-state index contributed by atoms with van der Waals surface area (Å²) in [5.41, 5.74) is 19.7. The van der Waals surface area contributed by atoms with Crippen LogP contribution in [-0.2, 0) is 13.0 Å². The zero-order valence-corrected chi connectivity index (χ0v) is 16.4. The third kappa shape index (κ3) is 4.18. The Kier molecular flexibility index (Phi) is 6.49. The van der Waals surface area contributed by atoms with Gasteiger partial charge in [-0.2, -0.15) is 0 Å². The number of rotatable bonds is 4. The van der Waals surface area contributed by atoms with Crippen LogP contribution in [0, 0.1) is 0 Å². The topological polar surface area (TPSA) is 67.6 Å². The lowest BCUT2D eigenvalue weighted by Gasteiger charge is -2.30. The fraction of sp³-hybridized carbons (Fsp3) is 0.591. The van der Waals surface area contributed by atoms with Crippen molar-refractivity contribution in [2.45, 2.75) is 64.5 Å². The van der Waals surface area contributed by atoms with Crippen LogP contribution in [0.5, 0.6) is 0 Å². The van der Waals surface area contributed by atoms with Gasteiger partial charge in [-0.1, -0.05) is 44.4 Å². The van der Waals surface area contributed by atoms with Gasteiger partial charge in [-0.3, -0.25) is 4.99 Å². The van der Waals surface area contributed by atoms with Crippen LogP contribution >= 0.6 is 0 Å². The monoisotopic (exact) mass is 354 g/mol. The minimum absolute atomic E-state index is 0.492. The Hall–Kier alpha value is -1.65. The first-order valence-electron chi connectivity index (χ1n) is 10.2. The van der Waals surface area contributed by atoms with Gasteiger partial charge in [0.05, 0.1) is 6.04 Å². The first-order chi connectivity index (χ1) is 12.6. The molecule has 4 heteroatoms. The van der Waals surface area contributed by atoms with Crippen molar-refractivity contribution in [3.05, 3.63) is 40.5 Å². The number of nitrogens with zero attached hydrogens (tertiary/aromatic N) is 2. The van der Waals surface area contributed by atoms with Gasteiger partial charge in [-0.25, -0.2) is 0 Å². The third-order valence-corrected chi connectivity index (χ3v) is 5.88.